The van der Waals surface area contributed by atoms with Gasteiger partial charge < -0.3 is 4.74 Å². The zero-order valence-corrected chi connectivity index (χ0v) is 8.47. The summed E-state index contributed by atoms with van der Waals surface area (Å²) in [7, 11) is 1.65. The van der Waals surface area contributed by atoms with E-state index in [0.717, 1.165) is 23.5 Å². The highest BCUT2D eigenvalue weighted by molar-refractivity contribution is 7.80. The minimum absolute atomic E-state index is 0.809. The largest absolute Gasteiger partial charge is 0.497 e. The quantitative estimate of drug-likeness (QED) is 0.559. The molecule has 0 saturated heterocycles. The predicted molar refractivity (Wildman–Crippen MR) is 58.3 cm³/mol. The minimum Gasteiger partial charge on any atom is -0.497 e. The first-order chi connectivity index (χ1) is 6.36. The lowest BCUT2D eigenvalue weighted by atomic mass is 10.2. The van der Waals surface area contributed by atoms with Crippen LogP contribution in [0.15, 0.2) is 24.3 Å². The van der Waals surface area contributed by atoms with Gasteiger partial charge in [-0.15, -0.1) is 0 Å². The number of thiol groups is 1. The maximum absolute atomic E-state index is 5.03. The summed E-state index contributed by atoms with van der Waals surface area (Å²) in [6.45, 7) is 0. The van der Waals surface area contributed by atoms with Crippen LogP contribution < -0.4 is 4.74 Å². The second kappa shape index (κ2) is 5.55. The summed E-state index contributed by atoms with van der Waals surface area (Å²) in [6, 6.07) is 7.71. The normalized spacial score (nSPS) is 8.77. The summed E-state index contributed by atoms with van der Waals surface area (Å²) in [5.41, 5.74) is 1.02. The van der Waals surface area contributed by atoms with Gasteiger partial charge in [0.1, 0.15) is 5.75 Å². The monoisotopic (exact) mass is 192 g/mol. The van der Waals surface area contributed by atoms with Gasteiger partial charge in [-0.2, -0.15) is 12.6 Å². The molecule has 0 unspecified atom stereocenters. The molecule has 0 radical (unpaired) electrons. The van der Waals surface area contributed by atoms with Gasteiger partial charge in [0.15, 0.2) is 0 Å². The maximum Gasteiger partial charge on any atom is 0.118 e. The molecular weight excluding hydrogens is 180 g/mol. The highest BCUT2D eigenvalue weighted by Gasteiger charge is 1.88. The lowest BCUT2D eigenvalue weighted by Gasteiger charge is -1.97. The third-order valence-corrected chi connectivity index (χ3v) is 1.78. The van der Waals surface area contributed by atoms with E-state index in [2.05, 4.69) is 24.5 Å². The number of hydrogen-bond donors (Lipinski definition) is 1. The van der Waals surface area contributed by atoms with Crippen LogP contribution in [0.2, 0.25) is 0 Å². The van der Waals surface area contributed by atoms with Crippen molar-refractivity contribution in [3.05, 3.63) is 29.8 Å². The van der Waals surface area contributed by atoms with Gasteiger partial charge in [0.2, 0.25) is 0 Å². The van der Waals surface area contributed by atoms with Crippen LogP contribution in [-0.2, 0) is 0 Å². The van der Waals surface area contributed by atoms with Crippen LogP contribution in [0, 0.1) is 11.8 Å². The van der Waals surface area contributed by atoms with Crippen LogP contribution in [0.1, 0.15) is 12.0 Å². The fraction of sp³-hybridized carbons (Fsp3) is 0.273. The Bertz CT molecular complexity index is 305. The third-order valence-electron chi connectivity index (χ3n) is 1.56. The topological polar surface area (TPSA) is 9.23 Å². The summed E-state index contributed by atoms with van der Waals surface area (Å²) < 4.78 is 5.03. The second-order valence-corrected chi connectivity index (χ2v) is 2.95. The molecule has 0 atom stereocenters. The van der Waals surface area contributed by atoms with Gasteiger partial charge in [0, 0.05) is 17.7 Å². The van der Waals surface area contributed by atoms with Crippen LogP contribution in [-0.4, -0.2) is 12.9 Å². The Morgan fingerprint density at radius 3 is 2.54 bits per heavy atom. The Kier molecular flexibility index (Phi) is 4.28. The first-order valence-electron chi connectivity index (χ1n) is 4.10. The SMILES string of the molecule is COc1ccc(C#CCCS)cc1. The molecule has 0 aliphatic carbocycles. The molecule has 1 aromatic rings. The molecule has 0 N–H and O–H groups in total. The molecule has 1 rings (SSSR count). The second-order valence-electron chi connectivity index (χ2n) is 2.50. The first-order valence-corrected chi connectivity index (χ1v) is 4.74. The molecule has 1 nitrogen and oxygen atoms in total. The van der Waals surface area contributed by atoms with Gasteiger partial charge in [0.05, 0.1) is 7.11 Å². The van der Waals surface area contributed by atoms with E-state index in [4.69, 9.17) is 4.74 Å². The molecule has 0 aromatic heterocycles. The van der Waals surface area contributed by atoms with Crippen molar-refractivity contribution >= 4 is 12.6 Å². The number of methoxy groups -OCH3 is 1. The van der Waals surface area contributed by atoms with Gasteiger partial charge in [-0.25, -0.2) is 0 Å². The molecule has 0 aliphatic rings. The molecule has 2 heteroatoms. The van der Waals surface area contributed by atoms with Crippen LogP contribution in [0.25, 0.3) is 0 Å². The molecule has 0 saturated carbocycles. The van der Waals surface area contributed by atoms with Crippen molar-refractivity contribution in [2.45, 2.75) is 6.42 Å². The lowest BCUT2D eigenvalue weighted by Crippen LogP contribution is -1.81. The van der Waals surface area contributed by atoms with Crippen LogP contribution in [0.3, 0.4) is 0 Å². The molecule has 0 heterocycles. The molecular formula is C11H12OS. The highest BCUT2D eigenvalue weighted by atomic mass is 32.1. The van der Waals surface area contributed by atoms with E-state index in [1.165, 1.54) is 0 Å². The van der Waals surface area contributed by atoms with E-state index in [-0.39, 0.29) is 0 Å². The van der Waals surface area contributed by atoms with E-state index in [1.54, 1.807) is 7.11 Å². The van der Waals surface area contributed by atoms with E-state index >= 15 is 0 Å². The van der Waals surface area contributed by atoms with Crippen molar-refractivity contribution in [1.29, 1.82) is 0 Å². The van der Waals surface area contributed by atoms with Crippen molar-refractivity contribution in [3.63, 3.8) is 0 Å². The Labute approximate surface area is 84.5 Å². The van der Waals surface area contributed by atoms with E-state index in [1.807, 2.05) is 24.3 Å². The van der Waals surface area contributed by atoms with E-state index < -0.39 is 0 Å². The Hall–Kier alpha value is -1.07. The summed E-state index contributed by atoms with van der Waals surface area (Å²) in [5, 5.41) is 0. The first kappa shape index (κ1) is 10.0. The average molecular weight is 192 g/mol. The van der Waals surface area contributed by atoms with Gasteiger partial charge in [-0.05, 0) is 24.3 Å². The molecule has 0 spiro atoms. The fourth-order valence-corrected chi connectivity index (χ4v) is 1.01. The van der Waals surface area contributed by atoms with Gasteiger partial charge in [-0.3, -0.25) is 0 Å². The average Bonchev–Trinajstić information content (AvgIpc) is 2.19. The van der Waals surface area contributed by atoms with Crippen molar-refractivity contribution < 1.29 is 4.74 Å². The lowest BCUT2D eigenvalue weighted by molar-refractivity contribution is 0.415. The predicted octanol–water partition coefficient (Wildman–Crippen LogP) is 2.37. The molecule has 0 amide bonds. The van der Waals surface area contributed by atoms with Crippen molar-refractivity contribution in [3.8, 4) is 17.6 Å². The third kappa shape index (κ3) is 3.43. The molecule has 0 bridgehead atoms. The van der Waals surface area contributed by atoms with Gasteiger partial charge >= 0.3 is 0 Å². The fourth-order valence-electron chi connectivity index (χ4n) is 0.895. The summed E-state index contributed by atoms with van der Waals surface area (Å²) in [5.74, 6) is 7.73. The number of benzene rings is 1. The smallest absolute Gasteiger partial charge is 0.118 e. The number of ether oxygens (including phenoxy) is 1. The van der Waals surface area contributed by atoms with Crippen LogP contribution in [0.5, 0.6) is 5.75 Å². The minimum atomic E-state index is 0.809. The zero-order chi connectivity index (χ0) is 9.52. The molecule has 0 fully saturated rings. The Balaban J connectivity index is 2.65. The molecule has 0 aliphatic heterocycles. The van der Waals surface area contributed by atoms with E-state index in [0.29, 0.717) is 0 Å². The summed E-state index contributed by atoms with van der Waals surface area (Å²) >= 11 is 4.08. The van der Waals surface area contributed by atoms with Crippen molar-refractivity contribution in [2.75, 3.05) is 12.9 Å². The van der Waals surface area contributed by atoms with Crippen molar-refractivity contribution in [2.24, 2.45) is 0 Å². The van der Waals surface area contributed by atoms with Crippen LogP contribution >= 0.6 is 12.6 Å². The van der Waals surface area contributed by atoms with Gasteiger partial charge in [-0.1, -0.05) is 11.8 Å². The molecule has 13 heavy (non-hydrogen) atoms. The van der Waals surface area contributed by atoms with Crippen molar-refractivity contribution in [1.82, 2.24) is 0 Å². The van der Waals surface area contributed by atoms with Gasteiger partial charge in [0.25, 0.3) is 0 Å². The summed E-state index contributed by atoms with van der Waals surface area (Å²) in [6.07, 6.45) is 0.829. The summed E-state index contributed by atoms with van der Waals surface area (Å²) in [4.78, 5) is 0. The zero-order valence-electron chi connectivity index (χ0n) is 7.58. The van der Waals surface area contributed by atoms with E-state index in [9.17, 15) is 0 Å². The Morgan fingerprint density at radius 2 is 2.00 bits per heavy atom. The molecule has 68 valence electrons. The van der Waals surface area contributed by atoms with Crippen LogP contribution in [0.4, 0.5) is 0 Å². The number of rotatable bonds is 2. The molecule has 1 aromatic carbocycles. The Morgan fingerprint density at radius 1 is 1.31 bits per heavy atom. The standard InChI is InChI=1S/C11H12OS/c1-12-11-7-5-10(6-8-11)4-2-3-9-13/h5-8,13H,3,9H2,1H3. The number of hydrogen-bond acceptors (Lipinski definition) is 2. The highest BCUT2D eigenvalue weighted by Crippen LogP contribution is 2.10. The maximum atomic E-state index is 5.03.